The molecule has 1 fully saturated rings. The van der Waals surface area contributed by atoms with Gasteiger partial charge in [-0.2, -0.15) is 4.99 Å². The average Bonchev–Trinajstić information content (AvgIpc) is 2.44. The van der Waals surface area contributed by atoms with E-state index in [4.69, 9.17) is 0 Å². The van der Waals surface area contributed by atoms with E-state index in [0.29, 0.717) is 0 Å². The van der Waals surface area contributed by atoms with Gasteiger partial charge in [-0.1, -0.05) is 54.6 Å². The number of nitrogens with zero attached hydrogens (tertiary/aromatic N) is 1. The fourth-order valence-electron chi connectivity index (χ4n) is 2.80. The van der Waals surface area contributed by atoms with E-state index in [2.05, 4.69) is 29.3 Å². The lowest BCUT2D eigenvalue weighted by Gasteiger charge is -2.38. The zero-order chi connectivity index (χ0) is 13.1. The largest absolute Gasteiger partial charge is 0.235 e. The maximum atomic E-state index is 10.7. The van der Waals surface area contributed by atoms with Crippen LogP contribution in [0.25, 0.3) is 11.1 Å². The Kier molecular flexibility index (Phi) is 3.02. The average molecular weight is 249 g/mol. The van der Waals surface area contributed by atoms with Crippen molar-refractivity contribution in [3.63, 3.8) is 0 Å². The molecule has 0 aromatic heterocycles. The lowest BCUT2D eigenvalue weighted by molar-refractivity contribution is 0.257. The first-order valence-corrected chi connectivity index (χ1v) is 6.60. The Balaban J connectivity index is 2.15. The van der Waals surface area contributed by atoms with Crippen LogP contribution in [0.2, 0.25) is 0 Å². The molecular weight excluding hydrogens is 234 g/mol. The molecule has 0 unspecified atom stereocenters. The number of carbonyl (C=O) groups excluding carboxylic acids is 1. The van der Waals surface area contributed by atoms with Crippen molar-refractivity contribution in [2.24, 2.45) is 4.99 Å². The van der Waals surface area contributed by atoms with Crippen LogP contribution < -0.4 is 0 Å². The minimum Gasteiger partial charge on any atom is -0.211 e. The van der Waals surface area contributed by atoms with Crippen LogP contribution in [0.1, 0.15) is 24.8 Å². The van der Waals surface area contributed by atoms with E-state index in [9.17, 15) is 4.79 Å². The monoisotopic (exact) mass is 249 g/mol. The molecule has 2 aromatic carbocycles. The second-order valence-corrected chi connectivity index (χ2v) is 5.00. The third kappa shape index (κ3) is 2.00. The third-order valence-corrected chi connectivity index (χ3v) is 3.95. The van der Waals surface area contributed by atoms with Crippen LogP contribution in [0.3, 0.4) is 0 Å². The maximum absolute atomic E-state index is 10.7. The van der Waals surface area contributed by atoms with Gasteiger partial charge in [0, 0.05) is 0 Å². The summed E-state index contributed by atoms with van der Waals surface area (Å²) >= 11 is 0. The van der Waals surface area contributed by atoms with Crippen molar-refractivity contribution >= 4 is 6.08 Å². The van der Waals surface area contributed by atoms with E-state index in [-0.39, 0.29) is 5.54 Å². The van der Waals surface area contributed by atoms with Crippen molar-refractivity contribution in [3.8, 4) is 11.1 Å². The topological polar surface area (TPSA) is 29.4 Å². The highest BCUT2D eigenvalue weighted by Gasteiger charge is 2.40. The second-order valence-electron chi connectivity index (χ2n) is 5.00. The maximum Gasteiger partial charge on any atom is 0.235 e. The lowest BCUT2D eigenvalue weighted by Crippen LogP contribution is -2.32. The van der Waals surface area contributed by atoms with Crippen molar-refractivity contribution in [2.75, 3.05) is 0 Å². The smallest absolute Gasteiger partial charge is 0.211 e. The van der Waals surface area contributed by atoms with Crippen molar-refractivity contribution < 1.29 is 4.79 Å². The number of hydrogen-bond acceptors (Lipinski definition) is 2. The van der Waals surface area contributed by atoms with Gasteiger partial charge in [0.25, 0.3) is 0 Å². The summed E-state index contributed by atoms with van der Waals surface area (Å²) in [5.74, 6) is 0. The summed E-state index contributed by atoms with van der Waals surface area (Å²) in [7, 11) is 0. The number of rotatable bonds is 3. The third-order valence-electron chi connectivity index (χ3n) is 3.95. The SMILES string of the molecule is O=C=NC1(c2ccccc2-c2ccccc2)CCC1. The molecule has 3 rings (SSSR count). The molecule has 1 aliphatic rings. The van der Waals surface area contributed by atoms with Gasteiger partial charge in [0.15, 0.2) is 0 Å². The number of hydrogen-bond donors (Lipinski definition) is 0. The summed E-state index contributed by atoms with van der Waals surface area (Å²) in [6.45, 7) is 0. The summed E-state index contributed by atoms with van der Waals surface area (Å²) in [4.78, 5) is 14.9. The van der Waals surface area contributed by atoms with Gasteiger partial charge in [-0.3, -0.25) is 0 Å². The Morgan fingerprint density at radius 3 is 2.26 bits per heavy atom. The minimum absolute atomic E-state index is 0.339. The molecular formula is C17H15NO. The summed E-state index contributed by atoms with van der Waals surface area (Å²) < 4.78 is 0. The zero-order valence-corrected chi connectivity index (χ0v) is 10.7. The molecule has 2 aromatic rings. The van der Waals surface area contributed by atoms with Gasteiger partial charge >= 0.3 is 0 Å². The predicted octanol–water partition coefficient (Wildman–Crippen LogP) is 4.07. The first-order chi connectivity index (χ1) is 9.36. The van der Waals surface area contributed by atoms with Crippen LogP contribution in [0.4, 0.5) is 0 Å². The van der Waals surface area contributed by atoms with Crippen molar-refractivity contribution in [3.05, 3.63) is 60.2 Å². The van der Waals surface area contributed by atoms with Crippen LogP contribution in [-0.4, -0.2) is 6.08 Å². The van der Waals surface area contributed by atoms with Gasteiger partial charge in [0.1, 0.15) is 0 Å². The summed E-state index contributed by atoms with van der Waals surface area (Å²) in [5, 5.41) is 0. The number of aliphatic imine (C=N–C) groups is 1. The number of isocyanates is 1. The molecule has 0 atom stereocenters. The molecule has 0 spiro atoms. The van der Waals surface area contributed by atoms with E-state index in [0.717, 1.165) is 24.8 Å². The minimum atomic E-state index is -0.339. The van der Waals surface area contributed by atoms with Crippen molar-refractivity contribution in [1.29, 1.82) is 0 Å². The Labute approximate surface area is 112 Å². The normalized spacial score (nSPS) is 16.2. The van der Waals surface area contributed by atoms with Crippen LogP contribution in [0.15, 0.2) is 59.6 Å². The summed E-state index contributed by atoms with van der Waals surface area (Å²) in [6.07, 6.45) is 4.76. The Hall–Kier alpha value is -2.18. The Bertz CT molecular complexity index is 623. The van der Waals surface area contributed by atoms with E-state index < -0.39 is 0 Å². The van der Waals surface area contributed by atoms with Crippen LogP contribution in [0.5, 0.6) is 0 Å². The molecule has 0 bridgehead atoms. The molecule has 1 aliphatic carbocycles. The highest BCUT2D eigenvalue weighted by atomic mass is 16.1. The Morgan fingerprint density at radius 2 is 1.63 bits per heavy atom. The quantitative estimate of drug-likeness (QED) is 0.595. The number of benzene rings is 2. The van der Waals surface area contributed by atoms with E-state index in [1.807, 2.05) is 30.3 Å². The molecule has 2 heteroatoms. The second kappa shape index (κ2) is 4.83. The molecule has 0 aliphatic heterocycles. The zero-order valence-electron chi connectivity index (χ0n) is 10.7. The highest BCUT2D eigenvalue weighted by molar-refractivity contribution is 5.69. The standard InChI is InChI=1S/C17H15NO/c19-13-18-17(11-6-12-17)16-10-5-4-9-15(16)14-7-2-1-3-8-14/h1-5,7-10H,6,11-12H2. The summed E-state index contributed by atoms with van der Waals surface area (Å²) in [6, 6.07) is 18.5. The van der Waals surface area contributed by atoms with Gasteiger partial charge in [-0.05, 0) is 36.0 Å². The van der Waals surface area contributed by atoms with Gasteiger partial charge in [0.2, 0.25) is 6.08 Å². The molecule has 94 valence electrons. The van der Waals surface area contributed by atoms with E-state index in [1.54, 1.807) is 6.08 Å². The molecule has 0 radical (unpaired) electrons. The molecule has 0 N–H and O–H groups in total. The first kappa shape index (κ1) is 11.9. The fraction of sp³-hybridized carbons (Fsp3) is 0.235. The van der Waals surface area contributed by atoms with Gasteiger partial charge in [0.05, 0.1) is 5.54 Å². The molecule has 1 saturated carbocycles. The van der Waals surface area contributed by atoms with Crippen LogP contribution in [0, 0.1) is 0 Å². The fourth-order valence-corrected chi connectivity index (χ4v) is 2.80. The first-order valence-electron chi connectivity index (χ1n) is 6.60. The van der Waals surface area contributed by atoms with E-state index in [1.165, 1.54) is 11.1 Å². The Morgan fingerprint density at radius 1 is 0.947 bits per heavy atom. The molecule has 0 amide bonds. The highest BCUT2D eigenvalue weighted by Crippen LogP contribution is 2.47. The van der Waals surface area contributed by atoms with Crippen molar-refractivity contribution in [1.82, 2.24) is 0 Å². The van der Waals surface area contributed by atoms with Gasteiger partial charge in [-0.25, -0.2) is 4.79 Å². The van der Waals surface area contributed by atoms with Gasteiger partial charge < -0.3 is 0 Å². The molecule has 19 heavy (non-hydrogen) atoms. The van der Waals surface area contributed by atoms with E-state index >= 15 is 0 Å². The predicted molar refractivity (Wildman–Crippen MR) is 75.5 cm³/mol. The van der Waals surface area contributed by atoms with Crippen molar-refractivity contribution in [2.45, 2.75) is 24.8 Å². The van der Waals surface area contributed by atoms with Crippen LogP contribution in [-0.2, 0) is 10.3 Å². The molecule has 0 saturated heterocycles. The van der Waals surface area contributed by atoms with Crippen LogP contribution >= 0.6 is 0 Å². The molecule has 0 heterocycles. The summed E-state index contributed by atoms with van der Waals surface area (Å²) in [5.41, 5.74) is 3.15. The molecule has 2 nitrogen and oxygen atoms in total. The lowest BCUT2D eigenvalue weighted by atomic mass is 9.70. The van der Waals surface area contributed by atoms with Gasteiger partial charge in [-0.15, -0.1) is 0 Å².